The van der Waals surface area contributed by atoms with Gasteiger partial charge in [-0.15, -0.1) is 0 Å². The molecule has 0 unspecified atom stereocenters. The summed E-state index contributed by atoms with van der Waals surface area (Å²) in [6.45, 7) is 2.93. The molecular weight excluding hydrogens is 349 g/mol. The average molecular weight is 366 g/mol. The fourth-order valence-electron chi connectivity index (χ4n) is 2.72. The lowest BCUT2D eigenvalue weighted by atomic mass is 9.98. The minimum Gasteiger partial charge on any atom is -0.297 e. The molecule has 120 valence electrons. The molecule has 1 aliphatic heterocycles. The quantitative estimate of drug-likeness (QED) is 0.727. The van der Waals surface area contributed by atoms with Crippen molar-refractivity contribution in [3.8, 4) is 0 Å². The van der Waals surface area contributed by atoms with Crippen LogP contribution in [0.4, 0.5) is 0 Å². The Morgan fingerprint density at radius 3 is 2.39 bits per heavy atom. The third kappa shape index (κ3) is 4.30. The highest BCUT2D eigenvalue weighted by Gasteiger charge is 2.17. The van der Waals surface area contributed by atoms with Crippen molar-refractivity contribution < 1.29 is 4.79 Å². The topological polar surface area (TPSA) is 20.3 Å². The van der Waals surface area contributed by atoms with E-state index in [0.29, 0.717) is 15.6 Å². The van der Waals surface area contributed by atoms with Gasteiger partial charge in [0.25, 0.3) is 0 Å². The van der Waals surface area contributed by atoms with Gasteiger partial charge in [-0.2, -0.15) is 11.8 Å². The molecule has 0 aliphatic carbocycles. The van der Waals surface area contributed by atoms with E-state index < -0.39 is 0 Å². The molecular formula is C18H17Cl2NOS. The van der Waals surface area contributed by atoms with Crippen molar-refractivity contribution in [2.75, 3.05) is 24.6 Å². The molecule has 2 nitrogen and oxygen atoms in total. The molecule has 5 heteroatoms. The molecule has 0 atom stereocenters. The van der Waals surface area contributed by atoms with E-state index in [2.05, 4.69) is 4.90 Å². The number of carbonyl (C=O) groups excluding carboxylic acids is 1. The maximum Gasteiger partial charge on any atom is 0.193 e. The smallest absolute Gasteiger partial charge is 0.193 e. The Balaban J connectivity index is 1.88. The lowest BCUT2D eigenvalue weighted by Gasteiger charge is -2.26. The van der Waals surface area contributed by atoms with E-state index in [4.69, 9.17) is 23.2 Å². The van der Waals surface area contributed by atoms with E-state index in [1.807, 2.05) is 36.0 Å². The summed E-state index contributed by atoms with van der Waals surface area (Å²) in [4.78, 5) is 15.3. The first-order chi connectivity index (χ1) is 11.1. The molecule has 0 spiro atoms. The summed E-state index contributed by atoms with van der Waals surface area (Å²) in [5.41, 5.74) is 2.31. The fraction of sp³-hybridized carbons (Fsp3) is 0.278. The Hall–Kier alpha value is -1.00. The SMILES string of the molecule is O=C(c1cc(Cl)cc(Cl)c1)c1ccccc1CN1CCSCC1. The largest absolute Gasteiger partial charge is 0.297 e. The van der Waals surface area contributed by atoms with Crippen LogP contribution < -0.4 is 0 Å². The van der Waals surface area contributed by atoms with Crippen LogP contribution in [0, 0.1) is 0 Å². The molecule has 0 bridgehead atoms. The van der Waals surface area contributed by atoms with Gasteiger partial charge in [0, 0.05) is 52.3 Å². The van der Waals surface area contributed by atoms with E-state index in [-0.39, 0.29) is 5.78 Å². The maximum atomic E-state index is 12.9. The zero-order chi connectivity index (χ0) is 16.2. The van der Waals surface area contributed by atoms with Gasteiger partial charge in [0.1, 0.15) is 0 Å². The molecule has 0 radical (unpaired) electrons. The monoisotopic (exact) mass is 365 g/mol. The number of benzene rings is 2. The molecule has 0 aromatic heterocycles. The average Bonchev–Trinajstić information content (AvgIpc) is 2.55. The number of halogens is 2. The van der Waals surface area contributed by atoms with Gasteiger partial charge in [-0.1, -0.05) is 47.5 Å². The van der Waals surface area contributed by atoms with Gasteiger partial charge in [0.2, 0.25) is 0 Å². The number of rotatable bonds is 4. The van der Waals surface area contributed by atoms with Crippen molar-refractivity contribution in [1.82, 2.24) is 4.90 Å². The van der Waals surface area contributed by atoms with Crippen LogP contribution in [0.5, 0.6) is 0 Å². The number of thioether (sulfide) groups is 1. The van der Waals surface area contributed by atoms with Gasteiger partial charge in [-0.05, 0) is 23.8 Å². The Bertz CT molecular complexity index is 694. The Kier molecular flexibility index (Phi) is 5.65. The minimum atomic E-state index is -0.0311. The molecule has 23 heavy (non-hydrogen) atoms. The summed E-state index contributed by atoms with van der Waals surface area (Å²) in [5, 5.41) is 0.956. The van der Waals surface area contributed by atoms with Crippen LogP contribution in [-0.4, -0.2) is 35.3 Å². The normalized spacial score (nSPS) is 15.6. The van der Waals surface area contributed by atoms with Crippen molar-refractivity contribution in [1.29, 1.82) is 0 Å². The van der Waals surface area contributed by atoms with Crippen LogP contribution in [0.1, 0.15) is 21.5 Å². The molecule has 3 rings (SSSR count). The third-order valence-electron chi connectivity index (χ3n) is 3.88. The Labute approximate surface area is 150 Å². The summed E-state index contributed by atoms with van der Waals surface area (Å²) in [6, 6.07) is 12.8. The number of carbonyl (C=O) groups is 1. The molecule has 0 amide bonds. The predicted molar refractivity (Wildman–Crippen MR) is 98.9 cm³/mol. The van der Waals surface area contributed by atoms with Gasteiger partial charge >= 0.3 is 0 Å². The van der Waals surface area contributed by atoms with Crippen LogP contribution in [0.25, 0.3) is 0 Å². The second kappa shape index (κ2) is 7.71. The first-order valence-electron chi connectivity index (χ1n) is 7.52. The maximum absolute atomic E-state index is 12.9. The molecule has 1 aliphatic rings. The van der Waals surface area contributed by atoms with Crippen LogP contribution in [0.3, 0.4) is 0 Å². The zero-order valence-electron chi connectivity index (χ0n) is 12.6. The minimum absolute atomic E-state index is 0.0311. The van der Waals surface area contributed by atoms with Crippen molar-refractivity contribution in [3.05, 3.63) is 69.2 Å². The van der Waals surface area contributed by atoms with E-state index in [0.717, 1.165) is 42.3 Å². The van der Waals surface area contributed by atoms with Crippen molar-refractivity contribution in [2.45, 2.75) is 6.54 Å². The van der Waals surface area contributed by atoms with Crippen LogP contribution in [0.15, 0.2) is 42.5 Å². The Morgan fingerprint density at radius 2 is 1.70 bits per heavy atom. The van der Waals surface area contributed by atoms with Crippen LogP contribution in [0.2, 0.25) is 10.0 Å². The van der Waals surface area contributed by atoms with Crippen molar-refractivity contribution in [2.24, 2.45) is 0 Å². The molecule has 1 saturated heterocycles. The van der Waals surface area contributed by atoms with Crippen LogP contribution in [-0.2, 0) is 6.54 Å². The number of hydrogen-bond acceptors (Lipinski definition) is 3. The van der Waals surface area contributed by atoms with Gasteiger partial charge < -0.3 is 0 Å². The summed E-state index contributed by atoms with van der Waals surface area (Å²) < 4.78 is 0. The molecule has 0 saturated carbocycles. The predicted octanol–water partition coefficient (Wildman–Crippen LogP) is 4.77. The van der Waals surface area contributed by atoms with Gasteiger partial charge in [0.05, 0.1) is 0 Å². The second-order valence-electron chi connectivity index (χ2n) is 5.53. The molecule has 1 fully saturated rings. The first-order valence-corrected chi connectivity index (χ1v) is 9.43. The summed E-state index contributed by atoms with van der Waals surface area (Å²) in [7, 11) is 0. The summed E-state index contributed by atoms with van der Waals surface area (Å²) in [5.74, 6) is 2.27. The van der Waals surface area contributed by atoms with E-state index in [9.17, 15) is 4.79 Å². The highest BCUT2D eigenvalue weighted by molar-refractivity contribution is 7.99. The van der Waals surface area contributed by atoms with Gasteiger partial charge in [0.15, 0.2) is 5.78 Å². The van der Waals surface area contributed by atoms with Gasteiger partial charge in [-0.3, -0.25) is 9.69 Å². The highest BCUT2D eigenvalue weighted by Crippen LogP contribution is 2.23. The molecule has 2 aromatic carbocycles. The molecule has 1 heterocycles. The second-order valence-corrected chi connectivity index (χ2v) is 7.63. The lowest BCUT2D eigenvalue weighted by molar-refractivity contribution is 0.103. The molecule has 0 N–H and O–H groups in total. The first kappa shape index (κ1) is 16.8. The van der Waals surface area contributed by atoms with E-state index in [1.165, 1.54) is 0 Å². The zero-order valence-corrected chi connectivity index (χ0v) is 14.9. The van der Waals surface area contributed by atoms with E-state index in [1.54, 1.807) is 18.2 Å². The standard InChI is InChI=1S/C18H17Cl2NOS/c19-15-9-14(10-16(20)11-15)18(22)17-4-2-1-3-13(17)12-21-5-7-23-8-6-21/h1-4,9-11H,5-8,12H2. The van der Waals surface area contributed by atoms with Gasteiger partial charge in [-0.25, -0.2) is 0 Å². The van der Waals surface area contributed by atoms with Crippen molar-refractivity contribution >= 4 is 40.7 Å². The van der Waals surface area contributed by atoms with Crippen molar-refractivity contribution in [3.63, 3.8) is 0 Å². The fourth-order valence-corrected chi connectivity index (χ4v) is 4.23. The molecule has 2 aromatic rings. The number of nitrogens with zero attached hydrogens (tertiary/aromatic N) is 1. The summed E-state index contributed by atoms with van der Waals surface area (Å²) in [6.07, 6.45) is 0. The lowest BCUT2D eigenvalue weighted by Crippen LogP contribution is -2.32. The highest BCUT2D eigenvalue weighted by atomic mass is 35.5. The number of hydrogen-bond donors (Lipinski definition) is 0. The number of ketones is 1. The Morgan fingerprint density at radius 1 is 1.04 bits per heavy atom. The summed E-state index contributed by atoms with van der Waals surface area (Å²) >= 11 is 14.0. The van der Waals surface area contributed by atoms with E-state index >= 15 is 0 Å². The third-order valence-corrected chi connectivity index (χ3v) is 5.26. The van der Waals surface area contributed by atoms with Crippen LogP contribution >= 0.6 is 35.0 Å².